The molecule has 1 unspecified atom stereocenters. The highest BCUT2D eigenvalue weighted by atomic mass is 19.4. The van der Waals surface area contributed by atoms with Crippen molar-refractivity contribution in [3.63, 3.8) is 0 Å². The zero-order chi connectivity index (χ0) is 13.8. The summed E-state index contributed by atoms with van der Waals surface area (Å²) in [6.45, 7) is -1.12. The number of nitrogens with two attached hydrogens (primary N) is 1. The van der Waals surface area contributed by atoms with Gasteiger partial charge in [-0.25, -0.2) is 0 Å². The van der Waals surface area contributed by atoms with Crippen LogP contribution >= 0.6 is 0 Å². The lowest BCUT2D eigenvalue weighted by atomic mass is 10.1. The lowest BCUT2D eigenvalue weighted by Crippen LogP contribution is -2.39. The molecule has 7 heteroatoms. The summed E-state index contributed by atoms with van der Waals surface area (Å²) in [7, 11) is 0. The molecule has 0 aliphatic heterocycles. The Kier molecular flexibility index (Phi) is 4.55. The van der Waals surface area contributed by atoms with Gasteiger partial charge in [0.2, 0.25) is 0 Å². The molecule has 0 saturated carbocycles. The lowest BCUT2D eigenvalue weighted by Gasteiger charge is -2.20. The van der Waals surface area contributed by atoms with E-state index < -0.39 is 24.5 Å². The van der Waals surface area contributed by atoms with Crippen LogP contribution < -0.4 is 10.5 Å². The zero-order valence-electron chi connectivity index (χ0n) is 9.37. The van der Waals surface area contributed by atoms with E-state index in [1.807, 2.05) is 0 Å². The third-order valence-corrected chi connectivity index (χ3v) is 2.32. The first kappa shape index (κ1) is 14.3. The summed E-state index contributed by atoms with van der Waals surface area (Å²) in [6, 6.07) is 6.18. The molecule has 0 radical (unpaired) electrons. The predicted molar refractivity (Wildman–Crippen MR) is 59.3 cm³/mol. The van der Waals surface area contributed by atoms with Gasteiger partial charge in [0.05, 0.1) is 6.61 Å². The first-order chi connectivity index (χ1) is 8.36. The molecule has 4 nitrogen and oxygen atoms in total. The number of benzene rings is 1. The summed E-state index contributed by atoms with van der Waals surface area (Å²) in [5, 5.41) is 15.9. The maximum absolute atomic E-state index is 12.5. The Morgan fingerprint density at radius 3 is 2.50 bits per heavy atom. The second-order valence-corrected chi connectivity index (χ2v) is 3.63. The van der Waals surface area contributed by atoms with Crippen LogP contribution in [0.5, 0.6) is 5.75 Å². The summed E-state index contributed by atoms with van der Waals surface area (Å²) in [6.07, 6.45) is -4.63. The van der Waals surface area contributed by atoms with Crippen LogP contribution in [0.2, 0.25) is 0 Å². The highest BCUT2D eigenvalue weighted by Crippen LogP contribution is 2.27. The van der Waals surface area contributed by atoms with Crippen molar-refractivity contribution in [1.29, 1.82) is 5.41 Å². The number of hydrogen-bond acceptors (Lipinski definition) is 3. The maximum Gasteiger partial charge on any atom is 0.401 e. The Balaban J connectivity index is 2.77. The standard InChI is InChI=1S/C11H13F3N2O2/c12-11(13,14)8(10(15)16)6-18-9-4-2-1-3-7(9)5-17/h1-4,8,17H,5-6H2,(H3,15,16). The number of aliphatic hydroxyl groups excluding tert-OH is 1. The maximum atomic E-state index is 12.5. The Labute approximate surface area is 102 Å². The number of alkyl halides is 3. The van der Waals surface area contributed by atoms with Gasteiger partial charge in [0.1, 0.15) is 24.1 Å². The molecule has 1 rings (SSSR count). The van der Waals surface area contributed by atoms with Crippen LogP contribution in [0.1, 0.15) is 5.56 Å². The van der Waals surface area contributed by atoms with Crippen molar-refractivity contribution in [2.45, 2.75) is 12.8 Å². The first-order valence-electron chi connectivity index (χ1n) is 5.08. The Bertz CT molecular complexity index is 421. The monoisotopic (exact) mass is 262 g/mol. The van der Waals surface area contributed by atoms with Gasteiger partial charge in [-0.15, -0.1) is 0 Å². The molecule has 1 aromatic carbocycles. The molecule has 0 aliphatic carbocycles. The molecule has 0 fully saturated rings. The minimum Gasteiger partial charge on any atom is -0.492 e. The Morgan fingerprint density at radius 2 is 2.00 bits per heavy atom. The molecule has 0 bridgehead atoms. The van der Waals surface area contributed by atoms with Crippen LogP contribution in [0.4, 0.5) is 13.2 Å². The number of ether oxygens (including phenoxy) is 1. The van der Waals surface area contributed by atoms with Crippen molar-refractivity contribution in [3.8, 4) is 5.75 Å². The molecule has 100 valence electrons. The van der Waals surface area contributed by atoms with Crippen LogP contribution in [0.25, 0.3) is 0 Å². The minimum atomic E-state index is -4.63. The van der Waals surface area contributed by atoms with Crippen molar-refractivity contribution >= 4 is 5.84 Å². The quantitative estimate of drug-likeness (QED) is 0.558. The van der Waals surface area contributed by atoms with Crippen LogP contribution in [0.3, 0.4) is 0 Å². The Morgan fingerprint density at radius 1 is 1.39 bits per heavy atom. The van der Waals surface area contributed by atoms with E-state index in [1.54, 1.807) is 12.1 Å². The van der Waals surface area contributed by atoms with Gasteiger partial charge in [0, 0.05) is 5.56 Å². The average molecular weight is 262 g/mol. The number of para-hydroxylation sites is 1. The van der Waals surface area contributed by atoms with Gasteiger partial charge < -0.3 is 15.6 Å². The van der Waals surface area contributed by atoms with E-state index in [2.05, 4.69) is 0 Å². The van der Waals surface area contributed by atoms with E-state index in [0.717, 1.165) is 0 Å². The van der Waals surface area contributed by atoms with Gasteiger partial charge in [0.25, 0.3) is 0 Å². The van der Waals surface area contributed by atoms with E-state index in [4.69, 9.17) is 21.0 Å². The third-order valence-electron chi connectivity index (χ3n) is 2.32. The number of nitrogens with one attached hydrogen (secondary N) is 1. The topological polar surface area (TPSA) is 79.3 Å². The number of rotatable bonds is 5. The van der Waals surface area contributed by atoms with E-state index >= 15 is 0 Å². The van der Waals surface area contributed by atoms with Crippen molar-refractivity contribution in [2.75, 3.05) is 6.61 Å². The molecule has 4 N–H and O–H groups in total. The fourth-order valence-corrected chi connectivity index (χ4v) is 1.31. The van der Waals surface area contributed by atoms with E-state index in [9.17, 15) is 13.2 Å². The van der Waals surface area contributed by atoms with Gasteiger partial charge in [0.15, 0.2) is 0 Å². The third kappa shape index (κ3) is 3.63. The summed E-state index contributed by atoms with van der Waals surface area (Å²) >= 11 is 0. The number of aliphatic hydroxyl groups is 1. The number of halogens is 3. The number of amidine groups is 1. The molecule has 0 saturated heterocycles. The fourth-order valence-electron chi connectivity index (χ4n) is 1.31. The fraction of sp³-hybridized carbons (Fsp3) is 0.364. The average Bonchev–Trinajstić information content (AvgIpc) is 2.27. The summed E-state index contributed by atoms with van der Waals surface area (Å²) < 4.78 is 42.5. The summed E-state index contributed by atoms with van der Waals surface area (Å²) in [5.74, 6) is -3.00. The molecular formula is C11H13F3N2O2. The molecular weight excluding hydrogens is 249 g/mol. The molecule has 0 amide bonds. The first-order valence-corrected chi connectivity index (χ1v) is 5.08. The van der Waals surface area contributed by atoms with E-state index in [1.165, 1.54) is 12.1 Å². The minimum absolute atomic E-state index is 0.149. The Hall–Kier alpha value is -1.76. The molecule has 1 atom stereocenters. The van der Waals surface area contributed by atoms with Crippen LogP contribution in [-0.2, 0) is 6.61 Å². The summed E-state index contributed by atoms with van der Waals surface area (Å²) in [5.41, 5.74) is 5.27. The summed E-state index contributed by atoms with van der Waals surface area (Å²) in [4.78, 5) is 0. The number of hydrogen-bond donors (Lipinski definition) is 3. The smallest absolute Gasteiger partial charge is 0.401 e. The molecule has 0 spiro atoms. The van der Waals surface area contributed by atoms with Gasteiger partial charge in [-0.3, -0.25) is 5.41 Å². The SMILES string of the molecule is N=C(N)C(COc1ccccc1CO)C(F)(F)F. The van der Waals surface area contributed by atoms with Gasteiger partial charge in [-0.05, 0) is 6.07 Å². The van der Waals surface area contributed by atoms with Crippen molar-refractivity contribution < 1.29 is 23.0 Å². The van der Waals surface area contributed by atoms with E-state index in [0.29, 0.717) is 5.56 Å². The van der Waals surface area contributed by atoms with Crippen LogP contribution in [0.15, 0.2) is 24.3 Å². The zero-order valence-corrected chi connectivity index (χ0v) is 9.37. The van der Waals surface area contributed by atoms with E-state index in [-0.39, 0.29) is 12.4 Å². The molecule has 0 aromatic heterocycles. The second-order valence-electron chi connectivity index (χ2n) is 3.63. The predicted octanol–water partition coefficient (Wildman–Crippen LogP) is 1.67. The molecule has 18 heavy (non-hydrogen) atoms. The molecule has 0 heterocycles. The van der Waals surface area contributed by atoms with Crippen molar-refractivity contribution in [3.05, 3.63) is 29.8 Å². The van der Waals surface area contributed by atoms with Crippen molar-refractivity contribution in [2.24, 2.45) is 11.7 Å². The molecule has 0 aliphatic rings. The van der Waals surface area contributed by atoms with Gasteiger partial charge >= 0.3 is 6.18 Å². The highest BCUT2D eigenvalue weighted by molar-refractivity contribution is 5.80. The largest absolute Gasteiger partial charge is 0.492 e. The van der Waals surface area contributed by atoms with Gasteiger partial charge in [-0.1, -0.05) is 18.2 Å². The lowest BCUT2D eigenvalue weighted by molar-refractivity contribution is -0.162. The van der Waals surface area contributed by atoms with Crippen molar-refractivity contribution in [1.82, 2.24) is 0 Å². The second kappa shape index (κ2) is 5.72. The van der Waals surface area contributed by atoms with Gasteiger partial charge in [-0.2, -0.15) is 13.2 Å². The van der Waals surface area contributed by atoms with Crippen LogP contribution in [0, 0.1) is 11.3 Å². The highest BCUT2D eigenvalue weighted by Gasteiger charge is 2.42. The molecule has 1 aromatic rings. The normalized spacial score (nSPS) is 13.1. The van der Waals surface area contributed by atoms with Crippen LogP contribution in [-0.4, -0.2) is 23.7 Å².